The molecule has 0 aliphatic carbocycles. The Morgan fingerprint density at radius 2 is 1.62 bits per heavy atom. The molecular formula is C26H22F3N5. The summed E-state index contributed by atoms with van der Waals surface area (Å²) in [6, 6.07) is 17.3. The molecule has 1 aromatic carbocycles. The van der Waals surface area contributed by atoms with Gasteiger partial charge in [0.1, 0.15) is 0 Å². The van der Waals surface area contributed by atoms with Crippen LogP contribution in [0.4, 0.5) is 13.2 Å². The zero-order chi connectivity index (χ0) is 24.7. The van der Waals surface area contributed by atoms with Gasteiger partial charge in [0.2, 0.25) is 0 Å². The van der Waals surface area contributed by atoms with E-state index in [1.54, 1.807) is 38.1 Å². The molecule has 34 heavy (non-hydrogen) atoms. The second kappa shape index (κ2) is 8.41. The van der Waals surface area contributed by atoms with Crippen LogP contribution in [-0.2, 0) is 11.6 Å². The van der Waals surface area contributed by atoms with E-state index in [0.717, 1.165) is 23.1 Å². The van der Waals surface area contributed by atoms with E-state index in [4.69, 9.17) is 10.2 Å². The second-order valence-corrected chi connectivity index (χ2v) is 8.61. The van der Waals surface area contributed by atoms with Crippen LogP contribution in [0.15, 0.2) is 60.8 Å². The first-order valence-corrected chi connectivity index (χ1v) is 10.6. The van der Waals surface area contributed by atoms with E-state index in [1.807, 2.05) is 38.1 Å². The molecule has 3 heterocycles. The summed E-state index contributed by atoms with van der Waals surface area (Å²) in [6.07, 6.45) is -3.62. The third kappa shape index (κ3) is 4.29. The maximum absolute atomic E-state index is 14.1. The highest BCUT2D eigenvalue weighted by atomic mass is 19.4. The van der Waals surface area contributed by atoms with E-state index >= 15 is 0 Å². The molecule has 172 valence electrons. The van der Waals surface area contributed by atoms with Gasteiger partial charge >= 0.3 is 6.18 Å². The first-order chi connectivity index (χ1) is 16.0. The lowest BCUT2D eigenvalue weighted by molar-refractivity contribution is -0.138. The molecule has 5 nitrogen and oxygen atoms in total. The number of pyridine rings is 2. The zero-order valence-corrected chi connectivity index (χ0v) is 19.1. The van der Waals surface area contributed by atoms with Crippen molar-refractivity contribution in [3.63, 3.8) is 0 Å². The highest BCUT2D eigenvalue weighted by Crippen LogP contribution is 2.40. The third-order valence-corrected chi connectivity index (χ3v) is 5.76. The van der Waals surface area contributed by atoms with Crippen molar-refractivity contribution in [2.45, 2.75) is 39.3 Å². The monoisotopic (exact) mass is 461 g/mol. The Hall–Kier alpha value is -3.99. The normalized spacial score (nSPS) is 11.9. The Bertz CT molecular complexity index is 1390. The van der Waals surface area contributed by atoms with Crippen LogP contribution in [0, 0.1) is 25.2 Å². The van der Waals surface area contributed by atoms with Crippen molar-refractivity contribution in [1.29, 1.82) is 5.26 Å². The molecule has 0 aliphatic heterocycles. The van der Waals surface area contributed by atoms with Gasteiger partial charge in [-0.05, 0) is 76.2 Å². The van der Waals surface area contributed by atoms with Gasteiger partial charge in [0, 0.05) is 23.1 Å². The lowest BCUT2D eigenvalue weighted by atomic mass is 9.83. The number of nitrogens with zero attached hydrogens (tertiary/aromatic N) is 5. The first kappa shape index (κ1) is 23.2. The largest absolute Gasteiger partial charge is 0.419 e. The minimum atomic E-state index is -4.60. The fourth-order valence-electron chi connectivity index (χ4n) is 3.88. The lowest BCUT2D eigenvalue weighted by Crippen LogP contribution is -2.25. The van der Waals surface area contributed by atoms with Crippen molar-refractivity contribution in [3.8, 4) is 23.0 Å². The van der Waals surface area contributed by atoms with Crippen LogP contribution in [0.2, 0.25) is 0 Å². The fourth-order valence-corrected chi connectivity index (χ4v) is 3.88. The predicted molar refractivity (Wildman–Crippen MR) is 122 cm³/mol. The van der Waals surface area contributed by atoms with Gasteiger partial charge in [-0.15, -0.1) is 0 Å². The number of halogens is 3. The molecular weight excluding hydrogens is 439 g/mol. The van der Waals surface area contributed by atoms with Gasteiger partial charge in [-0.25, -0.2) is 4.68 Å². The standard InChI is InChI=1S/C26H22F3N5/c1-16-8-13-20(17(2)31-16)22-6-5-7-23(32-22)25(3,4)24-21(26(27,28)29)15-34(33-24)19-11-9-18(14-30)10-12-19/h5-13,15H,1-4H3. The van der Waals surface area contributed by atoms with Gasteiger partial charge in [0.25, 0.3) is 0 Å². The minimum Gasteiger partial charge on any atom is -0.258 e. The van der Waals surface area contributed by atoms with Crippen LogP contribution in [0.25, 0.3) is 16.9 Å². The molecule has 8 heteroatoms. The molecule has 0 atom stereocenters. The summed E-state index contributed by atoms with van der Waals surface area (Å²) in [6.45, 7) is 7.13. The molecule has 0 amide bonds. The smallest absolute Gasteiger partial charge is 0.258 e. The number of nitriles is 1. The lowest BCUT2D eigenvalue weighted by Gasteiger charge is -2.24. The molecule has 0 unspecified atom stereocenters. The van der Waals surface area contributed by atoms with Crippen molar-refractivity contribution in [1.82, 2.24) is 19.7 Å². The van der Waals surface area contributed by atoms with E-state index in [0.29, 0.717) is 22.6 Å². The third-order valence-electron chi connectivity index (χ3n) is 5.76. The Morgan fingerprint density at radius 3 is 2.24 bits per heavy atom. The topological polar surface area (TPSA) is 67.4 Å². The van der Waals surface area contributed by atoms with E-state index in [1.165, 1.54) is 16.8 Å². The van der Waals surface area contributed by atoms with Gasteiger partial charge in [-0.1, -0.05) is 6.07 Å². The highest BCUT2D eigenvalue weighted by Gasteiger charge is 2.42. The highest BCUT2D eigenvalue weighted by molar-refractivity contribution is 5.62. The fraction of sp³-hybridized carbons (Fsp3) is 0.231. The van der Waals surface area contributed by atoms with E-state index < -0.39 is 17.2 Å². The van der Waals surface area contributed by atoms with Crippen LogP contribution in [-0.4, -0.2) is 19.7 Å². The molecule has 0 saturated carbocycles. The molecule has 0 radical (unpaired) electrons. The van der Waals surface area contributed by atoms with E-state index in [2.05, 4.69) is 10.1 Å². The average Bonchev–Trinajstić information content (AvgIpc) is 3.26. The van der Waals surface area contributed by atoms with Crippen molar-refractivity contribution < 1.29 is 13.2 Å². The van der Waals surface area contributed by atoms with Crippen molar-refractivity contribution >= 4 is 0 Å². The van der Waals surface area contributed by atoms with Gasteiger partial charge in [-0.2, -0.15) is 23.5 Å². The molecule has 0 fully saturated rings. The van der Waals surface area contributed by atoms with Crippen LogP contribution in [0.1, 0.15) is 47.8 Å². The summed E-state index contributed by atoms with van der Waals surface area (Å²) in [5.74, 6) is 0. The van der Waals surface area contributed by atoms with Crippen molar-refractivity contribution in [3.05, 3.63) is 94.7 Å². The summed E-state index contributed by atoms with van der Waals surface area (Å²) >= 11 is 0. The Balaban J connectivity index is 1.83. The summed E-state index contributed by atoms with van der Waals surface area (Å²) in [7, 11) is 0. The van der Waals surface area contributed by atoms with Crippen LogP contribution >= 0.6 is 0 Å². The molecule has 3 aromatic heterocycles. The number of benzene rings is 1. The van der Waals surface area contributed by atoms with Gasteiger partial charge in [0.15, 0.2) is 0 Å². The maximum atomic E-state index is 14.1. The van der Waals surface area contributed by atoms with Crippen LogP contribution in [0.3, 0.4) is 0 Å². The molecule has 0 aliphatic rings. The average molecular weight is 461 g/mol. The molecule has 0 N–H and O–H groups in total. The Labute approximate surface area is 195 Å². The first-order valence-electron chi connectivity index (χ1n) is 10.6. The number of aryl methyl sites for hydroxylation is 2. The number of alkyl halides is 3. The Kier molecular flexibility index (Phi) is 5.74. The molecule has 0 spiro atoms. The van der Waals surface area contributed by atoms with Gasteiger partial charge in [-0.3, -0.25) is 9.97 Å². The van der Waals surface area contributed by atoms with Gasteiger partial charge < -0.3 is 0 Å². The minimum absolute atomic E-state index is 0.132. The SMILES string of the molecule is Cc1ccc(-c2cccc(C(C)(C)c3nn(-c4ccc(C#N)cc4)cc3C(F)(F)F)n2)c(C)n1. The predicted octanol–water partition coefficient (Wildman–Crippen LogP) is 6.16. The van der Waals surface area contributed by atoms with Crippen LogP contribution in [0.5, 0.6) is 0 Å². The summed E-state index contributed by atoms with van der Waals surface area (Å²) < 4.78 is 43.3. The van der Waals surface area contributed by atoms with Gasteiger partial charge in [0.05, 0.1) is 45.4 Å². The summed E-state index contributed by atoms with van der Waals surface area (Å²) in [5, 5.41) is 13.3. The summed E-state index contributed by atoms with van der Waals surface area (Å²) in [5.41, 5.74) is 2.31. The number of hydrogen-bond donors (Lipinski definition) is 0. The van der Waals surface area contributed by atoms with E-state index in [-0.39, 0.29) is 5.69 Å². The second-order valence-electron chi connectivity index (χ2n) is 8.61. The molecule has 0 bridgehead atoms. The van der Waals surface area contributed by atoms with Crippen molar-refractivity contribution in [2.24, 2.45) is 0 Å². The van der Waals surface area contributed by atoms with E-state index in [9.17, 15) is 13.2 Å². The Morgan fingerprint density at radius 1 is 0.912 bits per heavy atom. The molecule has 0 saturated heterocycles. The molecule has 4 rings (SSSR count). The van der Waals surface area contributed by atoms with Crippen LogP contribution < -0.4 is 0 Å². The maximum Gasteiger partial charge on any atom is 0.419 e. The number of rotatable bonds is 4. The number of hydrogen-bond acceptors (Lipinski definition) is 4. The zero-order valence-electron chi connectivity index (χ0n) is 19.1. The quantitative estimate of drug-likeness (QED) is 0.365. The summed E-state index contributed by atoms with van der Waals surface area (Å²) in [4.78, 5) is 9.19. The number of aromatic nitrogens is 4. The van der Waals surface area contributed by atoms with Crippen molar-refractivity contribution in [2.75, 3.05) is 0 Å². The molecule has 4 aromatic rings.